The maximum Gasteiger partial charge on any atom is 0.320 e. The van der Waals surface area contributed by atoms with Crippen LogP contribution >= 0.6 is 11.3 Å². The third-order valence-corrected chi connectivity index (χ3v) is 5.40. The van der Waals surface area contributed by atoms with Crippen molar-refractivity contribution in [3.63, 3.8) is 0 Å². The second-order valence-corrected chi connectivity index (χ2v) is 7.61. The molecule has 24 heavy (non-hydrogen) atoms. The fraction of sp³-hybridized carbons (Fsp3) is 0.474. The van der Waals surface area contributed by atoms with E-state index in [9.17, 15) is 9.90 Å². The van der Waals surface area contributed by atoms with Crippen molar-refractivity contribution in [3.8, 4) is 10.6 Å². The van der Waals surface area contributed by atoms with Crippen LogP contribution in [0.2, 0.25) is 0 Å². The number of aliphatic carboxylic acids is 1. The van der Waals surface area contributed by atoms with Crippen LogP contribution in [-0.2, 0) is 11.3 Å². The molecule has 0 unspecified atom stereocenters. The maximum absolute atomic E-state index is 11.4. The minimum Gasteiger partial charge on any atom is -0.480 e. The third kappa shape index (κ3) is 4.65. The monoisotopic (exact) mass is 346 g/mol. The highest BCUT2D eigenvalue weighted by molar-refractivity contribution is 7.15. The predicted molar refractivity (Wildman–Crippen MR) is 99.4 cm³/mol. The maximum atomic E-state index is 11.4. The highest BCUT2D eigenvalue weighted by Crippen LogP contribution is 2.27. The molecule has 1 aromatic carbocycles. The molecule has 0 radical (unpaired) electrons. The Labute approximate surface area is 148 Å². The SMILES string of the molecule is CC[C@H](C)[C@H](NCc1cnc(-c2ccc(C(C)C)cc2)s1)C(=O)O. The molecule has 0 aliphatic rings. The number of hydrogen-bond donors (Lipinski definition) is 2. The first-order valence-corrected chi connectivity index (χ1v) is 9.25. The van der Waals surface area contributed by atoms with Gasteiger partial charge < -0.3 is 5.11 Å². The van der Waals surface area contributed by atoms with Gasteiger partial charge in [-0.15, -0.1) is 11.3 Å². The van der Waals surface area contributed by atoms with Crippen molar-refractivity contribution in [1.82, 2.24) is 10.3 Å². The van der Waals surface area contributed by atoms with Gasteiger partial charge in [0, 0.05) is 23.2 Å². The van der Waals surface area contributed by atoms with Gasteiger partial charge in [-0.05, 0) is 17.4 Å². The number of carbonyl (C=O) groups is 1. The van der Waals surface area contributed by atoms with Gasteiger partial charge in [0.05, 0.1) is 0 Å². The zero-order valence-electron chi connectivity index (χ0n) is 14.7. The molecule has 0 aliphatic heterocycles. The number of rotatable bonds is 8. The van der Waals surface area contributed by atoms with Crippen LogP contribution in [0, 0.1) is 5.92 Å². The van der Waals surface area contributed by atoms with Crippen LogP contribution in [0.25, 0.3) is 10.6 Å². The average Bonchev–Trinajstić information content (AvgIpc) is 3.03. The molecule has 2 N–H and O–H groups in total. The molecule has 2 aromatic rings. The molecular weight excluding hydrogens is 320 g/mol. The van der Waals surface area contributed by atoms with E-state index >= 15 is 0 Å². The average molecular weight is 346 g/mol. The van der Waals surface area contributed by atoms with Crippen LogP contribution in [0.1, 0.15) is 50.5 Å². The molecule has 0 fully saturated rings. The molecule has 2 rings (SSSR count). The second-order valence-electron chi connectivity index (χ2n) is 6.49. The molecule has 5 heteroatoms. The van der Waals surface area contributed by atoms with Crippen LogP contribution < -0.4 is 5.32 Å². The van der Waals surface area contributed by atoms with Gasteiger partial charge in [0.1, 0.15) is 11.0 Å². The Bertz CT molecular complexity index is 664. The number of hydrogen-bond acceptors (Lipinski definition) is 4. The Morgan fingerprint density at radius 3 is 2.46 bits per heavy atom. The molecule has 0 spiro atoms. The Morgan fingerprint density at radius 1 is 1.25 bits per heavy atom. The van der Waals surface area contributed by atoms with Gasteiger partial charge in [0.15, 0.2) is 0 Å². The number of nitrogens with one attached hydrogen (secondary N) is 1. The van der Waals surface area contributed by atoms with Gasteiger partial charge in [-0.3, -0.25) is 10.1 Å². The van der Waals surface area contributed by atoms with E-state index in [1.54, 1.807) is 11.3 Å². The summed E-state index contributed by atoms with van der Waals surface area (Å²) in [5.74, 6) is -0.180. The van der Waals surface area contributed by atoms with E-state index in [0.29, 0.717) is 12.5 Å². The summed E-state index contributed by atoms with van der Waals surface area (Å²) in [5.41, 5.74) is 2.42. The summed E-state index contributed by atoms with van der Waals surface area (Å²) in [6.45, 7) is 8.85. The van der Waals surface area contributed by atoms with Crippen molar-refractivity contribution in [2.75, 3.05) is 0 Å². The quantitative estimate of drug-likeness (QED) is 0.737. The van der Waals surface area contributed by atoms with E-state index in [4.69, 9.17) is 0 Å². The number of thiazole rings is 1. The molecule has 0 bridgehead atoms. The molecule has 0 amide bonds. The van der Waals surface area contributed by atoms with Crippen molar-refractivity contribution in [2.24, 2.45) is 5.92 Å². The van der Waals surface area contributed by atoms with Gasteiger partial charge in [-0.2, -0.15) is 0 Å². The molecule has 130 valence electrons. The van der Waals surface area contributed by atoms with Crippen molar-refractivity contribution in [3.05, 3.63) is 40.9 Å². The van der Waals surface area contributed by atoms with Gasteiger partial charge >= 0.3 is 5.97 Å². The second kappa shape index (κ2) is 8.40. The number of nitrogens with zero attached hydrogens (tertiary/aromatic N) is 1. The molecular formula is C19H26N2O2S. The van der Waals surface area contributed by atoms with Crippen molar-refractivity contribution in [1.29, 1.82) is 0 Å². The fourth-order valence-corrected chi connectivity index (χ4v) is 3.38. The minimum absolute atomic E-state index is 0.0958. The summed E-state index contributed by atoms with van der Waals surface area (Å²) in [7, 11) is 0. The smallest absolute Gasteiger partial charge is 0.320 e. The van der Waals surface area contributed by atoms with E-state index in [1.807, 2.05) is 20.0 Å². The first-order valence-electron chi connectivity index (χ1n) is 8.43. The van der Waals surface area contributed by atoms with E-state index in [1.165, 1.54) is 5.56 Å². The summed E-state index contributed by atoms with van der Waals surface area (Å²) in [6.07, 6.45) is 2.67. The molecule has 0 saturated heterocycles. The summed E-state index contributed by atoms with van der Waals surface area (Å²) < 4.78 is 0. The van der Waals surface area contributed by atoms with Gasteiger partial charge in [0.2, 0.25) is 0 Å². The first-order chi connectivity index (χ1) is 11.4. The topological polar surface area (TPSA) is 62.2 Å². The van der Waals surface area contributed by atoms with E-state index < -0.39 is 12.0 Å². The lowest BCUT2D eigenvalue weighted by atomic mass is 9.99. The van der Waals surface area contributed by atoms with Crippen LogP contribution in [0.4, 0.5) is 0 Å². The number of benzene rings is 1. The van der Waals surface area contributed by atoms with Crippen LogP contribution in [0.3, 0.4) is 0 Å². The number of carboxylic acid groups (broad SMARTS) is 1. The minimum atomic E-state index is -0.793. The Balaban J connectivity index is 2.03. The molecule has 1 heterocycles. The first kappa shape index (κ1) is 18.6. The lowest BCUT2D eigenvalue weighted by Gasteiger charge is -2.19. The number of aromatic nitrogens is 1. The standard InChI is InChI=1S/C19H26N2O2S/c1-5-13(4)17(19(22)23)20-10-16-11-21-18(24-16)15-8-6-14(7-9-15)12(2)3/h6-9,11-13,17,20H,5,10H2,1-4H3,(H,22,23)/t13-,17-/m0/s1. The third-order valence-electron chi connectivity index (χ3n) is 4.35. The number of carboxylic acids is 1. The fourth-order valence-electron chi connectivity index (χ4n) is 2.51. The Hall–Kier alpha value is -1.72. The van der Waals surface area contributed by atoms with Gasteiger partial charge in [-0.25, -0.2) is 4.98 Å². The Kier molecular flexibility index (Phi) is 6.52. The van der Waals surface area contributed by atoms with Gasteiger partial charge in [-0.1, -0.05) is 58.4 Å². The molecule has 1 aromatic heterocycles. The van der Waals surface area contributed by atoms with E-state index in [0.717, 1.165) is 21.9 Å². The lowest BCUT2D eigenvalue weighted by Crippen LogP contribution is -2.41. The van der Waals surface area contributed by atoms with Crippen molar-refractivity contribution >= 4 is 17.3 Å². The van der Waals surface area contributed by atoms with E-state index in [-0.39, 0.29) is 5.92 Å². The van der Waals surface area contributed by atoms with Crippen LogP contribution in [-0.4, -0.2) is 22.1 Å². The van der Waals surface area contributed by atoms with Crippen LogP contribution in [0.5, 0.6) is 0 Å². The zero-order chi connectivity index (χ0) is 17.7. The van der Waals surface area contributed by atoms with Crippen molar-refractivity contribution in [2.45, 2.75) is 52.6 Å². The summed E-state index contributed by atoms with van der Waals surface area (Å²) in [6, 6.07) is 7.96. The molecule has 4 nitrogen and oxygen atoms in total. The zero-order valence-corrected chi connectivity index (χ0v) is 15.6. The highest BCUT2D eigenvalue weighted by Gasteiger charge is 2.22. The Morgan fingerprint density at radius 2 is 1.92 bits per heavy atom. The molecule has 0 aliphatic carbocycles. The molecule has 2 atom stereocenters. The summed E-state index contributed by atoms with van der Waals surface area (Å²) >= 11 is 1.61. The molecule has 0 saturated carbocycles. The van der Waals surface area contributed by atoms with Gasteiger partial charge in [0.25, 0.3) is 0 Å². The predicted octanol–water partition coefficient (Wildman–Crippen LogP) is 4.52. The largest absolute Gasteiger partial charge is 0.480 e. The summed E-state index contributed by atoms with van der Waals surface area (Å²) in [4.78, 5) is 16.9. The lowest BCUT2D eigenvalue weighted by molar-refractivity contribution is -0.140. The van der Waals surface area contributed by atoms with E-state index in [2.05, 4.69) is 48.4 Å². The normalized spacial score (nSPS) is 13.9. The highest BCUT2D eigenvalue weighted by atomic mass is 32.1. The summed E-state index contributed by atoms with van der Waals surface area (Å²) in [5, 5.41) is 13.4. The van der Waals surface area contributed by atoms with Crippen LogP contribution in [0.15, 0.2) is 30.5 Å². The van der Waals surface area contributed by atoms with Crippen molar-refractivity contribution < 1.29 is 9.90 Å².